The van der Waals surface area contributed by atoms with E-state index in [0.717, 1.165) is 0 Å². The molecular weight excluding hydrogens is 170 g/mol. The zero-order valence-electron chi connectivity index (χ0n) is 8.92. The highest BCUT2D eigenvalue weighted by Crippen LogP contribution is 2.13. The van der Waals surface area contributed by atoms with Crippen LogP contribution in [0.1, 0.15) is 34.6 Å². The molecule has 0 aliphatic rings. The molecule has 0 amide bonds. The van der Waals surface area contributed by atoms with Gasteiger partial charge in [-0.05, 0) is 34.6 Å². The summed E-state index contributed by atoms with van der Waals surface area (Å²) >= 11 is 0. The van der Waals surface area contributed by atoms with E-state index < -0.39 is 23.2 Å². The number of esters is 1. The Morgan fingerprint density at radius 3 is 1.92 bits per heavy atom. The molecule has 3 N–H and O–H groups in total. The van der Waals surface area contributed by atoms with E-state index in [1.54, 1.807) is 20.8 Å². The summed E-state index contributed by atoms with van der Waals surface area (Å²) in [6.45, 7) is 8.20. The SMILES string of the molecule is CC(C)(C)OC(=O)[C@H](N)C(C)(C)O. The maximum Gasteiger partial charge on any atom is 0.326 e. The summed E-state index contributed by atoms with van der Waals surface area (Å²) in [5.41, 5.74) is 3.66. The lowest BCUT2D eigenvalue weighted by Gasteiger charge is -2.27. The maximum absolute atomic E-state index is 11.3. The van der Waals surface area contributed by atoms with Crippen LogP contribution in [0.25, 0.3) is 0 Å². The van der Waals surface area contributed by atoms with Gasteiger partial charge in [0.05, 0.1) is 5.60 Å². The summed E-state index contributed by atoms with van der Waals surface area (Å²) in [4.78, 5) is 11.3. The van der Waals surface area contributed by atoms with Crippen LogP contribution >= 0.6 is 0 Å². The first-order valence-corrected chi connectivity index (χ1v) is 4.25. The molecule has 0 aliphatic carbocycles. The van der Waals surface area contributed by atoms with Crippen LogP contribution in [0.2, 0.25) is 0 Å². The fraction of sp³-hybridized carbons (Fsp3) is 0.889. The molecule has 0 fully saturated rings. The lowest BCUT2D eigenvalue weighted by molar-refractivity contribution is -0.161. The van der Waals surface area contributed by atoms with Crippen LogP contribution in [-0.2, 0) is 9.53 Å². The van der Waals surface area contributed by atoms with Crippen LogP contribution in [0, 0.1) is 0 Å². The van der Waals surface area contributed by atoms with Crippen molar-refractivity contribution in [1.29, 1.82) is 0 Å². The zero-order valence-corrected chi connectivity index (χ0v) is 8.92. The third-order valence-corrected chi connectivity index (χ3v) is 1.42. The number of hydrogen-bond acceptors (Lipinski definition) is 4. The average Bonchev–Trinajstić information content (AvgIpc) is 1.79. The van der Waals surface area contributed by atoms with Crippen LogP contribution in [0.5, 0.6) is 0 Å². The fourth-order valence-corrected chi connectivity index (χ4v) is 0.654. The van der Waals surface area contributed by atoms with E-state index in [1.165, 1.54) is 13.8 Å². The molecule has 0 saturated heterocycles. The predicted molar refractivity (Wildman–Crippen MR) is 50.1 cm³/mol. The second kappa shape index (κ2) is 3.64. The number of aliphatic hydroxyl groups is 1. The van der Waals surface area contributed by atoms with Crippen molar-refractivity contribution in [3.63, 3.8) is 0 Å². The standard InChI is InChI=1S/C9H19NO3/c1-8(2,3)13-7(11)6(10)9(4,5)12/h6,12H,10H2,1-5H3/t6-/m0/s1. The monoisotopic (exact) mass is 189 g/mol. The molecule has 0 rings (SSSR count). The Labute approximate surface area is 79.1 Å². The van der Waals surface area contributed by atoms with Gasteiger partial charge in [0, 0.05) is 0 Å². The van der Waals surface area contributed by atoms with E-state index in [0.29, 0.717) is 0 Å². The van der Waals surface area contributed by atoms with Crippen molar-refractivity contribution < 1.29 is 14.6 Å². The number of nitrogens with two attached hydrogens (primary N) is 1. The van der Waals surface area contributed by atoms with Gasteiger partial charge in [-0.25, -0.2) is 0 Å². The van der Waals surface area contributed by atoms with Gasteiger partial charge < -0.3 is 15.6 Å². The zero-order chi connectivity index (χ0) is 10.9. The average molecular weight is 189 g/mol. The molecule has 0 unspecified atom stereocenters. The van der Waals surface area contributed by atoms with E-state index in [4.69, 9.17) is 10.5 Å². The van der Waals surface area contributed by atoms with Gasteiger partial charge in [0.2, 0.25) is 0 Å². The molecule has 0 aromatic carbocycles. The fourth-order valence-electron chi connectivity index (χ4n) is 0.654. The minimum atomic E-state index is -1.25. The molecular formula is C9H19NO3. The van der Waals surface area contributed by atoms with E-state index in [-0.39, 0.29) is 0 Å². The molecule has 0 heterocycles. The molecule has 4 nitrogen and oxygen atoms in total. The highest BCUT2D eigenvalue weighted by atomic mass is 16.6. The van der Waals surface area contributed by atoms with Gasteiger partial charge in [0.15, 0.2) is 0 Å². The molecule has 0 aromatic heterocycles. The van der Waals surface area contributed by atoms with Crippen molar-refractivity contribution in [3.8, 4) is 0 Å². The van der Waals surface area contributed by atoms with Crippen molar-refractivity contribution in [3.05, 3.63) is 0 Å². The first-order valence-electron chi connectivity index (χ1n) is 4.25. The number of hydrogen-bond donors (Lipinski definition) is 2. The summed E-state index contributed by atoms with van der Waals surface area (Å²) in [5.74, 6) is -0.583. The number of carbonyl (C=O) groups excluding carboxylic acids is 1. The molecule has 0 spiro atoms. The van der Waals surface area contributed by atoms with Crippen LogP contribution in [-0.4, -0.2) is 28.3 Å². The maximum atomic E-state index is 11.3. The van der Waals surface area contributed by atoms with Crippen molar-refractivity contribution in [2.24, 2.45) is 5.73 Å². The minimum Gasteiger partial charge on any atom is -0.459 e. The van der Waals surface area contributed by atoms with Crippen LogP contribution in [0.15, 0.2) is 0 Å². The van der Waals surface area contributed by atoms with Crippen LogP contribution in [0.4, 0.5) is 0 Å². The van der Waals surface area contributed by atoms with Crippen molar-refractivity contribution in [1.82, 2.24) is 0 Å². The summed E-state index contributed by atoms with van der Waals surface area (Å²) in [6, 6.07) is -1.01. The Bertz CT molecular complexity index is 188. The predicted octanol–water partition coefficient (Wildman–Crippen LogP) is 0.426. The summed E-state index contributed by atoms with van der Waals surface area (Å²) in [6.07, 6.45) is 0. The molecule has 0 bridgehead atoms. The van der Waals surface area contributed by atoms with Gasteiger partial charge in [-0.15, -0.1) is 0 Å². The van der Waals surface area contributed by atoms with Crippen molar-refractivity contribution in [2.75, 3.05) is 0 Å². The van der Waals surface area contributed by atoms with Gasteiger partial charge in [-0.1, -0.05) is 0 Å². The minimum absolute atomic E-state index is 0.569. The Morgan fingerprint density at radius 2 is 1.69 bits per heavy atom. The van der Waals surface area contributed by atoms with Crippen molar-refractivity contribution >= 4 is 5.97 Å². The van der Waals surface area contributed by atoms with Crippen LogP contribution in [0.3, 0.4) is 0 Å². The molecule has 0 saturated carbocycles. The highest BCUT2D eigenvalue weighted by molar-refractivity contribution is 5.77. The Morgan fingerprint density at radius 1 is 1.31 bits per heavy atom. The number of ether oxygens (including phenoxy) is 1. The topological polar surface area (TPSA) is 72.5 Å². The van der Waals surface area contributed by atoms with Gasteiger partial charge in [-0.2, -0.15) is 0 Å². The van der Waals surface area contributed by atoms with Gasteiger partial charge in [-0.3, -0.25) is 4.79 Å². The Kier molecular flexibility index (Phi) is 3.47. The highest BCUT2D eigenvalue weighted by Gasteiger charge is 2.33. The summed E-state index contributed by atoms with van der Waals surface area (Å²) < 4.78 is 5.00. The molecule has 78 valence electrons. The second-order valence-corrected chi connectivity index (χ2v) is 4.66. The first kappa shape index (κ1) is 12.4. The Balaban J connectivity index is 4.30. The lowest BCUT2D eigenvalue weighted by atomic mass is 10.00. The summed E-state index contributed by atoms with van der Waals surface area (Å²) in [5, 5.41) is 9.43. The normalized spacial score (nSPS) is 15.3. The van der Waals surface area contributed by atoms with E-state index in [2.05, 4.69) is 0 Å². The van der Waals surface area contributed by atoms with E-state index in [1.807, 2.05) is 0 Å². The third-order valence-electron chi connectivity index (χ3n) is 1.42. The molecule has 4 heteroatoms. The lowest BCUT2D eigenvalue weighted by Crippen LogP contribution is -2.51. The molecule has 1 atom stereocenters. The number of rotatable bonds is 2. The molecule has 13 heavy (non-hydrogen) atoms. The quantitative estimate of drug-likeness (QED) is 0.618. The molecule has 0 radical (unpaired) electrons. The Hall–Kier alpha value is -0.610. The smallest absolute Gasteiger partial charge is 0.326 e. The van der Waals surface area contributed by atoms with Gasteiger partial charge in [0.25, 0.3) is 0 Å². The largest absolute Gasteiger partial charge is 0.459 e. The second-order valence-electron chi connectivity index (χ2n) is 4.66. The van der Waals surface area contributed by atoms with Gasteiger partial charge >= 0.3 is 5.97 Å². The molecule has 0 aliphatic heterocycles. The van der Waals surface area contributed by atoms with E-state index >= 15 is 0 Å². The first-order chi connectivity index (χ1) is 5.54. The summed E-state index contributed by atoms with van der Waals surface area (Å²) in [7, 11) is 0. The van der Waals surface area contributed by atoms with Crippen LogP contribution < -0.4 is 5.73 Å². The van der Waals surface area contributed by atoms with E-state index in [9.17, 15) is 9.90 Å². The molecule has 0 aromatic rings. The van der Waals surface area contributed by atoms with Gasteiger partial charge in [0.1, 0.15) is 11.6 Å². The van der Waals surface area contributed by atoms with Crippen molar-refractivity contribution in [2.45, 2.75) is 51.9 Å². The number of carbonyl (C=O) groups is 1. The third kappa shape index (κ3) is 4.85.